The molecule has 0 radical (unpaired) electrons. The lowest BCUT2D eigenvalue weighted by molar-refractivity contribution is -0.130. The van der Waals surface area contributed by atoms with Gasteiger partial charge in [-0.05, 0) is 24.5 Å². The molecule has 0 spiro atoms. The van der Waals surface area contributed by atoms with Crippen molar-refractivity contribution < 1.29 is 13.6 Å². The lowest BCUT2D eigenvalue weighted by Crippen LogP contribution is -2.34. The molecule has 0 aliphatic rings. The summed E-state index contributed by atoms with van der Waals surface area (Å²) in [5.41, 5.74) is 6.37. The Hall–Kier alpha value is -2.21. The molecule has 0 fully saturated rings. The van der Waals surface area contributed by atoms with Gasteiger partial charge in [0.15, 0.2) is 11.7 Å². The van der Waals surface area contributed by atoms with E-state index in [1.807, 2.05) is 0 Å². The minimum absolute atomic E-state index is 0.0154. The van der Waals surface area contributed by atoms with Crippen molar-refractivity contribution in [2.24, 2.45) is 11.7 Å². The number of hydrogen-bond donors (Lipinski definition) is 1. The molecule has 1 atom stereocenters. The first-order chi connectivity index (χ1) is 11.9. The molecule has 0 saturated heterocycles. The second-order valence-corrected chi connectivity index (χ2v) is 6.61. The fourth-order valence-electron chi connectivity index (χ4n) is 2.42. The quantitative estimate of drug-likeness (QED) is 0.796. The largest absolute Gasteiger partial charge is 0.441 e. The molecular weight excluding hydrogens is 321 g/mol. The van der Waals surface area contributed by atoms with Gasteiger partial charge in [0.25, 0.3) is 0 Å². The van der Waals surface area contributed by atoms with Crippen LogP contribution in [0.1, 0.15) is 32.6 Å². The van der Waals surface area contributed by atoms with Crippen LogP contribution in [-0.2, 0) is 11.2 Å². The maximum atomic E-state index is 13.8. The van der Waals surface area contributed by atoms with Crippen LogP contribution in [0.4, 0.5) is 4.39 Å². The van der Waals surface area contributed by atoms with E-state index in [0.29, 0.717) is 42.5 Å². The van der Waals surface area contributed by atoms with E-state index in [2.05, 4.69) is 18.8 Å². The van der Waals surface area contributed by atoms with Gasteiger partial charge in [0, 0.05) is 32.5 Å². The molecule has 1 amide bonds. The van der Waals surface area contributed by atoms with E-state index in [1.165, 1.54) is 12.3 Å². The van der Waals surface area contributed by atoms with Crippen LogP contribution in [0, 0.1) is 11.7 Å². The number of halogens is 1. The van der Waals surface area contributed by atoms with Crippen molar-refractivity contribution in [3.63, 3.8) is 0 Å². The van der Waals surface area contributed by atoms with Gasteiger partial charge in [0.05, 0.1) is 11.8 Å². The van der Waals surface area contributed by atoms with Gasteiger partial charge in [-0.3, -0.25) is 4.79 Å². The number of hydrogen-bond acceptors (Lipinski definition) is 4. The Bertz CT molecular complexity index is 699. The lowest BCUT2D eigenvalue weighted by Gasteiger charge is -2.21. The molecule has 1 heterocycles. The zero-order valence-corrected chi connectivity index (χ0v) is 15.0. The van der Waals surface area contributed by atoms with E-state index in [9.17, 15) is 9.18 Å². The maximum absolute atomic E-state index is 13.8. The Morgan fingerprint density at radius 2 is 2.08 bits per heavy atom. The summed E-state index contributed by atoms with van der Waals surface area (Å²) in [6.45, 7) is 4.77. The number of oxazole rings is 1. The monoisotopic (exact) mass is 347 g/mol. The maximum Gasteiger partial charge on any atom is 0.222 e. The van der Waals surface area contributed by atoms with Gasteiger partial charge in [-0.2, -0.15) is 0 Å². The Labute approximate surface area is 148 Å². The van der Waals surface area contributed by atoms with Crippen LogP contribution in [-0.4, -0.2) is 35.4 Å². The van der Waals surface area contributed by atoms with Crippen LogP contribution < -0.4 is 5.73 Å². The van der Waals surface area contributed by atoms with Crippen molar-refractivity contribution >= 4 is 5.91 Å². The number of benzene rings is 1. The molecule has 6 heteroatoms. The first-order valence-electron chi connectivity index (χ1n) is 8.57. The normalized spacial score (nSPS) is 12.4. The van der Waals surface area contributed by atoms with Crippen molar-refractivity contribution in [2.45, 2.75) is 39.2 Å². The summed E-state index contributed by atoms with van der Waals surface area (Å²) >= 11 is 0. The van der Waals surface area contributed by atoms with E-state index in [-0.39, 0.29) is 17.8 Å². The van der Waals surface area contributed by atoms with Crippen molar-refractivity contribution in [3.8, 4) is 11.3 Å². The number of aromatic nitrogens is 1. The van der Waals surface area contributed by atoms with Gasteiger partial charge in [-0.15, -0.1) is 0 Å². The van der Waals surface area contributed by atoms with Gasteiger partial charge in [0.1, 0.15) is 5.82 Å². The molecule has 136 valence electrons. The van der Waals surface area contributed by atoms with E-state index >= 15 is 0 Å². The average molecular weight is 347 g/mol. The molecule has 2 rings (SSSR count). The highest BCUT2D eigenvalue weighted by atomic mass is 19.1. The van der Waals surface area contributed by atoms with Crippen LogP contribution in [0.15, 0.2) is 34.9 Å². The molecule has 1 aromatic carbocycles. The van der Waals surface area contributed by atoms with Gasteiger partial charge in [0.2, 0.25) is 5.91 Å². The van der Waals surface area contributed by atoms with Crippen LogP contribution >= 0.6 is 0 Å². The third-order valence-electron chi connectivity index (χ3n) is 4.33. The molecule has 0 aliphatic carbocycles. The molecule has 0 bridgehead atoms. The van der Waals surface area contributed by atoms with Crippen molar-refractivity contribution in [1.29, 1.82) is 0 Å². The van der Waals surface area contributed by atoms with Crippen molar-refractivity contribution in [1.82, 2.24) is 9.88 Å². The Morgan fingerprint density at radius 1 is 1.36 bits per heavy atom. The standard InChI is InChI=1S/C19H26FN3O2/c1-13(2)16(21)10-11-23(3)19(24)9-8-18-22-12-17(25-18)14-6-4-5-7-15(14)20/h4-7,12-13,16H,8-11,21H2,1-3H3. The molecule has 25 heavy (non-hydrogen) atoms. The molecular formula is C19H26FN3O2. The molecule has 0 aliphatic heterocycles. The fraction of sp³-hybridized carbons (Fsp3) is 0.474. The fourth-order valence-corrected chi connectivity index (χ4v) is 2.42. The van der Waals surface area contributed by atoms with Gasteiger partial charge >= 0.3 is 0 Å². The highest BCUT2D eigenvalue weighted by Gasteiger charge is 2.15. The summed E-state index contributed by atoms with van der Waals surface area (Å²) in [6.07, 6.45) is 2.94. The topological polar surface area (TPSA) is 72.4 Å². The Balaban J connectivity index is 1.85. The number of carbonyl (C=O) groups excluding carboxylic acids is 1. The smallest absolute Gasteiger partial charge is 0.222 e. The molecule has 1 aromatic heterocycles. The van der Waals surface area contributed by atoms with Crippen LogP contribution in [0.5, 0.6) is 0 Å². The highest BCUT2D eigenvalue weighted by Crippen LogP contribution is 2.23. The zero-order chi connectivity index (χ0) is 18.4. The Kier molecular flexibility index (Phi) is 6.70. The molecule has 5 nitrogen and oxygen atoms in total. The molecule has 0 saturated carbocycles. The summed E-state index contributed by atoms with van der Waals surface area (Å²) < 4.78 is 19.3. The number of nitrogens with two attached hydrogens (primary N) is 1. The SMILES string of the molecule is CC(C)C(N)CCN(C)C(=O)CCc1ncc(-c2ccccc2F)o1. The van der Waals surface area contributed by atoms with E-state index in [1.54, 1.807) is 30.1 Å². The second-order valence-electron chi connectivity index (χ2n) is 6.61. The molecule has 1 unspecified atom stereocenters. The summed E-state index contributed by atoms with van der Waals surface area (Å²) in [4.78, 5) is 18.0. The number of aryl methyl sites for hydroxylation is 1. The van der Waals surface area contributed by atoms with Crippen LogP contribution in [0.3, 0.4) is 0 Å². The predicted octanol–water partition coefficient (Wildman–Crippen LogP) is 3.25. The molecule has 2 N–H and O–H groups in total. The number of rotatable bonds is 8. The first kappa shape index (κ1) is 19.1. The number of amides is 1. The zero-order valence-electron chi connectivity index (χ0n) is 15.0. The highest BCUT2D eigenvalue weighted by molar-refractivity contribution is 5.76. The van der Waals surface area contributed by atoms with Gasteiger partial charge in [-0.25, -0.2) is 9.37 Å². The van der Waals surface area contributed by atoms with E-state index in [0.717, 1.165) is 6.42 Å². The van der Waals surface area contributed by atoms with Crippen LogP contribution in [0.2, 0.25) is 0 Å². The minimum atomic E-state index is -0.359. The van der Waals surface area contributed by atoms with Gasteiger partial charge in [-0.1, -0.05) is 26.0 Å². The van der Waals surface area contributed by atoms with E-state index in [4.69, 9.17) is 10.2 Å². The minimum Gasteiger partial charge on any atom is -0.441 e. The van der Waals surface area contributed by atoms with Crippen LogP contribution in [0.25, 0.3) is 11.3 Å². The van der Waals surface area contributed by atoms with Gasteiger partial charge < -0.3 is 15.1 Å². The first-order valence-corrected chi connectivity index (χ1v) is 8.57. The third kappa shape index (κ3) is 5.39. The summed E-state index contributed by atoms with van der Waals surface area (Å²) in [7, 11) is 1.77. The van der Waals surface area contributed by atoms with Crippen molar-refractivity contribution in [2.75, 3.05) is 13.6 Å². The summed E-state index contributed by atoms with van der Waals surface area (Å²) in [5, 5.41) is 0. The summed E-state index contributed by atoms with van der Waals surface area (Å²) in [6, 6.07) is 6.45. The number of nitrogens with zero attached hydrogens (tertiary/aromatic N) is 2. The third-order valence-corrected chi connectivity index (χ3v) is 4.33. The number of carbonyl (C=O) groups is 1. The Morgan fingerprint density at radius 3 is 2.76 bits per heavy atom. The second kappa shape index (κ2) is 8.76. The molecule has 2 aromatic rings. The van der Waals surface area contributed by atoms with E-state index < -0.39 is 0 Å². The average Bonchev–Trinajstić information content (AvgIpc) is 3.06. The predicted molar refractivity (Wildman–Crippen MR) is 95.3 cm³/mol. The van der Waals surface area contributed by atoms with Crippen molar-refractivity contribution in [3.05, 3.63) is 42.2 Å². The summed E-state index contributed by atoms with van der Waals surface area (Å²) in [5.74, 6) is 0.854. The lowest BCUT2D eigenvalue weighted by atomic mass is 10.0.